The number of nitrogens with one attached hydrogen (secondary N) is 1. The van der Waals surface area contributed by atoms with E-state index in [9.17, 15) is 20.2 Å². The Bertz CT molecular complexity index is 950. The Kier molecular flexibility index (Phi) is 4.34. The van der Waals surface area contributed by atoms with Crippen molar-refractivity contribution in [2.75, 3.05) is 13.7 Å². The van der Waals surface area contributed by atoms with Gasteiger partial charge in [-0.3, -0.25) is 20.2 Å². The molecule has 0 aliphatic heterocycles. The lowest BCUT2D eigenvalue weighted by atomic mass is 9.90. The quantitative estimate of drug-likeness (QED) is 0.545. The molecule has 0 amide bonds. The van der Waals surface area contributed by atoms with Gasteiger partial charge in [0.25, 0.3) is 5.69 Å². The maximum Gasteiger partial charge on any atom is 0.273 e. The molecule has 0 saturated carbocycles. The number of hydrogen-bond donors (Lipinski definition) is 1. The highest BCUT2D eigenvalue weighted by molar-refractivity contribution is 5.85. The van der Waals surface area contributed by atoms with E-state index in [1.165, 1.54) is 13.2 Å². The summed E-state index contributed by atoms with van der Waals surface area (Å²) in [6.07, 6.45) is 1.66. The van der Waals surface area contributed by atoms with Gasteiger partial charge in [0.1, 0.15) is 5.75 Å². The number of nitro groups is 2. The first-order valence-electron chi connectivity index (χ1n) is 7.51. The number of rotatable bonds is 6. The minimum Gasteiger partial charge on any atom is -0.497 e. The van der Waals surface area contributed by atoms with Crippen LogP contribution in [-0.2, 0) is 0 Å². The smallest absolute Gasteiger partial charge is 0.273 e. The predicted molar refractivity (Wildman–Crippen MR) is 91.7 cm³/mol. The molecule has 0 bridgehead atoms. The van der Waals surface area contributed by atoms with E-state index in [0.29, 0.717) is 16.9 Å². The van der Waals surface area contributed by atoms with E-state index in [2.05, 4.69) is 4.98 Å². The van der Waals surface area contributed by atoms with Gasteiger partial charge in [0, 0.05) is 33.7 Å². The van der Waals surface area contributed by atoms with Gasteiger partial charge in [-0.2, -0.15) is 0 Å². The number of aromatic amines is 1. The molecule has 8 heteroatoms. The summed E-state index contributed by atoms with van der Waals surface area (Å²) in [4.78, 5) is 24.7. The van der Waals surface area contributed by atoms with Gasteiger partial charge < -0.3 is 9.72 Å². The molecule has 0 saturated heterocycles. The summed E-state index contributed by atoms with van der Waals surface area (Å²) in [5.74, 6) is -0.145. The summed E-state index contributed by atoms with van der Waals surface area (Å²) >= 11 is 0. The molecular weight excluding hydrogens is 326 g/mol. The van der Waals surface area contributed by atoms with E-state index in [0.717, 1.165) is 10.9 Å². The average Bonchev–Trinajstić information content (AvgIpc) is 3.02. The third-order valence-corrected chi connectivity index (χ3v) is 4.14. The second-order valence-corrected chi connectivity index (χ2v) is 5.54. The molecule has 3 rings (SSSR count). The summed E-state index contributed by atoms with van der Waals surface area (Å²) < 4.78 is 5.22. The van der Waals surface area contributed by atoms with Gasteiger partial charge in [-0.25, -0.2) is 0 Å². The molecule has 0 fully saturated rings. The molecule has 1 atom stereocenters. The van der Waals surface area contributed by atoms with E-state index >= 15 is 0 Å². The van der Waals surface area contributed by atoms with Gasteiger partial charge in [0.2, 0.25) is 6.54 Å². The van der Waals surface area contributed by atoms with Crippen LogP contribution in [0.5, 0.6) is 5.75 Å². The Balaban J connectivity index is 2.21. The molecule has 0 aliphatic carbocycles. The van der Waals surface area contributed by atoms with Crippen LogP contribution in [0.3, 0.4) is 0 Å². The van der Waals surface area contributed by atoms with Gasteiger partial charge in [-0.1, -0.05) is 18.2 Å². The van der Waals surface area contributed by atoms with E-state index in [-0.39, 0.29) is 5.69 Å². The third kappa shape index (κ3) is 3.14. The maximum absolute atomic E-state index is 11.4. The number of nitrogens with zero attached hydrogens (tertiary/aromatic N) is 2. The lowest BCUT2D eigenvalue weighted by molar-refractivity contribution is -0.482. The molecule has 1 unspecified atom stereocenters. The van der Waals surface area contributed by atoms with Crippen LogP contribution in [0, 0.1) is 20.2 Å². The van der Waals surface area contributed by atoms with Gasteiger partial charge >= 0.3 is 0 Å². The Hall–Kier alpha value is -3.42. The van der Waals surface area contributed by atoms with Crippen molar-refractivity contribution in [3.63, 3.8) is 0 Å². The first-order valence-corrected chi connectivity index (χ1v) is 7.51. The van der Waals surface area contributed by atoms with Crippen LogP contribution in [0.2, 0.25) is 0 Å². The van der Waals surface area contributed by atoms with Gasteiger partial charge in [0.15, 0.2) is 0 Å². The van der Waals surface area contributed by atoms with Crippen molar-refractivity contribution < 1.29 is 14.6 Å². The third-order valence-electron chi connectivity index (χ3n) is 4.14. The highest BCUT2D eigenvalue weighted by atomic mass is 16.6. The second kappa shape index (κ2) is 6.60. The van der Waals surface area contributed by atoms with E-state index in [4.69, 9.17) is 4.74 Å². The zero-order valence-electron chi connectivity index (χ0n) is 13.3. The lowest BCUT2D eigenvalue weighted by Crippen LogP contribution is -2.15. The molecule has 0 spiro atoms. The Morgan fingerprint density at radius 2 is 1.88 bits per heavy atom. The van der Waals surface area contributed by atoms with E-state index in [1.54, 1.807) is 42.6 Å². The highest BCUT2D eigenvalue weighted by Crippen LogP contribution is 2.36. The van der Waals surface area contributed by atoms with Crippen LogP contribution < -0.4 is 4.74 Å². The van der Waals surface area contributed by atoms with Crippen LogP contribution in [0.15, 0.2) is 48.7 Å². The van der Waals surface area contributed by atoms with Gasteiger partial charge in [0.05, 0.1) is 18.0 Å². The second-order valence-electron chi connectivity index (χ2n) is 5.54. The van der Waals surface area contributed by atoms with Gasteiger partial charge in [-0.15, -0.1) is 0 Å². The van der Waals surface area contributed by atoms with Crippen LogP contribution in [0.4, 0.5) is 5.69 Å². The fourth-order valence-electron chi connectivity index (χ4n) is 3.00. The summed E-state index contributed by atoms with van der Waals surface area (Å²) in [6.45, 7) is -0.449. The zero-order valence-corrected chi connectivity index (χ0v) is 13.3. The lowest BCUT2D eigenvalue weighted by Gasteiger charge is -2.13. The summed E-state index contributed by atoms with van der Waals surface area (Å²) in [6, 6.07) is 11.5. The van der Waals surface area contributed by atoms with Crippen LogP contribution >= 0.6 is 0 Å². The van der Waals surface area contributed by atoms with Crippen molar-refractivity contribution in [1.29, 1.82) is 0 Å². The fraction of sp³-hybridized carbons (Fsp3) is 0.176. The van der Waals surface area contributed by atoms with Crippen molar-refractivity contribution in [2.45, 2.75) is 5.92 Å². The maximum atomic E-state index is 11.4. The number of para-hydroxylation sites is 1. The molecule has 1 N–H and O–H groups in total. The Labute approximate surface area is 142 Å². The number of methoxy groups -OCH3 is 1. The number of fused-ring (bicyclic) bond motifs is 1. The molecule has 25 heavy (non-hydrogen) atoms. The zero-order chi connectivity index (χ0) is 18.0. The summed E-state index contributed by atoms with van der Waals surface area (Å²) in [7, 11) is 1.53. The summed E-state index contributed by atoms with van der Waals surface area (Å²) in [5, 5.41) is 23.3. The molecule has 3 aromatic rings. The van der Waals surface area contributed by atoms with Crippen LogP contribution in [-0.4, -0.2) is 28.5 Å². The molecule has 0 radical (unpaired) electrons. The average molecular weight is 341 g/mol. The van der Waals surface area contributed by atoms with Crippen molar-refractivity contribution >= 4 is 16.6 Å². The standard InChI is InChI=1S/C17H15N3O5/c1-25-11-6-7-16-13(8-11)14(9-18-16)15(10-19(21)22)12-4-2-3-5-17(12)20(23)24/h2-9,15,18H,10H2,1H3. The van der Waals surface area contributed by atoms with Crippen molar-refractivity contribution in [3.8, 4) is 5.75 Å². The largest absolute Gasteiger partial charge is 0.497 e. The number of nitro benzene ring substituents is 1. The number of aromatic nitrogens is 1. The number of ether oxygens (including phenoxy) is 1. The van der Waals surface area contributed by atoms with E-state index in [1.807, 2.05) is 0 Å². The predicted octanol–water partition coefficient (Wildman–Crippen LogP) is 3.49. The van der Waals surface area contributed by atoms with Crippen LogP contribution in [0.25, 0.3) is 10.9 Å². The molecule has 1 heterocycles. The first-order chi connectivity index (χ1) is 12.0. The molecule has 128 valence electrons. The molecular formula is C17H15N3O5. The number of benzene rings is 2. The van der Waals surface area contributed by atoms with E-state index < -0.39 is 22.3 Å². The molecule has 0 aliphatic rings. The Morgan fingerprint density at radius 1 is 1.12 bits per heavy atom. The number of hydrogen-bond acceptors (Lipinski definition) is 5. The molecule has 8 nitrogen and oxygen atoms in total. The topological polar surface area (TPSA) is 111 Å². The van der Waals surface area contributed by atoms with Crippen LogP contribution in [0.1, 0.15) is 17.0 Å². The molecule has 2 aromatic carbocycles. The monoisotopic (exact) mass is 341 g/mol. The SMILES string of the molecule is COc1ccc2[nH]cc(C(C[N+](=O)[O-])c3ccccc3[N+](=O)[O-])c2c1. The van der Waals surface area contributed by atoms with Crippen molar-refractivity contribution in [3.05, 3.63) is 80.0 Å². The number of H-pyrrole nitrogens is 1. The fourth-order valence-corrected chi connectivity index (χ4v) is 3.00. The first kappa shape index (κ1) is 16.4. The summed E-state index contributed by atoms with van der Waals surface area (Å²) in [5.41, 5.74) is 1.59. The minimum absolute atomic E-state index is 0.133. The normalized spacial score (nSPS) is 12.0. The van der Waals surface area contributed by atoms with Crippen molar-refractivity contribution in [2.24, 2.45) is 0 Å². The highest BCUT2D eigenvalue weighted by Gasteiger charge is 2.29. The molecule has 1 aromatic heterocycles. The van der Waals surface area contributed by atoms with Crippen molar-refractivity contribution in [1.82, 2.24) is 4.98 Å². The minimum atomic E-state index is -0.752. The van der Waals surface area contributed by atoms with Gasteiger partial charge in [-0.05, 0) is 23.8 Å². The Morgan fingerprint density at radius 3 is 2.56 bits per heavy atom.